The van der Waals surface area contributed by atoms with E-state index in [0.29, 0.717) is 17.9 Å². The number of carbonyl (C=O) groups excluding carboxylic acids is 2. The minimum absolute atomic E-state index is 0.0409. The van der Waals surface area contributed by atoms with Crippen LogP contribution in [0.4, 0.5) is 5.69 Å². The Morgan fingerprint density at radius 2 is 1.40 bits per heavy atom. The van der Waals surface area contributed by atoms with Crippen molar-refractivity contribution in [2.45, 2.75) is 26.3 Å². The van der Waals surface area contributed by atoms with Crippen LogP contribution in [-0.2, 0) is 4.79 Å². The fourth-order valence-corrected chi connectivity index (χ4v) is 4.07. The maximum Gasteiger partial charge on any atom is 0.251 e. The molecule has 7 nitrogen and oxygen atoms in total. The maximum absolute atomic E-state index is 13.1. The van der Waals surface area contributed by atoms with Crippen LogP contribution in [0.3, 0.4) is 0 Å². The Kier molecular flexibility index (Phi) is 7.72. The van der Waals surface area contributed by atoms with Gasteiger partial charge < -0.3 is 24.9 Å². The number of rotatable bonds is 6. The summed E-state index contributed by atoms with van der Waals surface area (Å²) in [6.07, 6.45) is 0.649. The fourth-order valence-electron chi connectivity index (χ4n) is 4.07. The molecule has 1 aromatic carbocycles. The Morgan fingerprint density at radius 3 is 1.93 bits per heavy atom. The SMILES string of the molecule is CC(C)C[C@H](NC(=O)c1ccc(N2CCN(C)CC2)cc1)C(=O)N1CCN(C)CC1. The standard InChI is InChI=1S/C23H37N5O2/c1-18(2)17-21(23(30)28-15-11-26(4)12-16-28)24-22(29)19-5-7-20(8-6-19)27-13-9-25(3)10-14-27/h5-8,18,21H,9-17H2,1-4H3,(H,24,29)/t21-/m0/s1. The predicted octanol–water partition coefficient (Wildman–Crippen LogP) is 1.36. The molecule has 0 unspecified atom stereocenters. The lowest BCUT2D eigenvalue weighted by Crippen LogP contribution is -2.54. The lowest BCUT2D eigenvalue weighted by Gasteiger charge is -2.35. The summed E-state index contributed by atoms with van der Waals surface area (Å²) in [5.41, 5.74) is 1.75. The average Bonchev–Trinajstić information content (AvgIpc) is 2.73. The van der Waals surface area contributed by atoms with Gasteiger partial charge in [0.1, 0.15) is 6.04 Å². The first-order valence-electron chi connectivity index (χ1n) is 11.1. The normalized spacial score (nSPS) is 19.8. The molecule has 0 aromatic heterocycles. The zero-order chi connectivity index (χ0) is 21.7. The van der Waals surface area contributed by atoms with E-state index in [4.69, 9.17) is 0 Å². The van der Waals surface area contributed by atoms with E-state index in [2.05, 4.69) is 48.0 Å². The monoisotopic (exact) mass is 415 g/mol. The van der Waals surface area contributed by atoms with Gasteiger partial charge in [-0.05, 0) is 50.7 Å². The first-order valence-corrected chi connectivity index (χ1v) is 11.1. The lowest BCUT2D eigenvalue weighted by atomic mass is 10.0. The van der Waals surface area contributed by atoms with Crippen molar-refractivity contribution in [3.05, 3.63) is 29.8 Å². The molecule has 3 rings (SSSR count). The van der Waals surface area contributed by atoms with Gasteiger partial charge >= 0.3 is 0 Å². The van der Waals surface area contributed by atoms with E-state index in [-0.39, 0.29) is 11.8 Å². The summed E-state index contributed by atoms with van der Waals surface area (Å²) in [6.45, 7) is 11.5. The number of hydrogen-bond acceptors (Lipinski definition) is 5. The molecule has 2 aliphatic rings. The molecule has 0 bridgehead atoms. The van der Waals surface area contributed by atoms with Gasteiger partial charge in [-0.1, -0.05) is 13.8 Å². The molecule has 0 spiro atoms. The molecular formula is C23H37N5O2. The molecule has 2 aliphatic heterocycles. The molecule has 0 aliphatic carbocycles. The Labute approximate surface area is 181 Å². The van der Waals surface area contributed by atoms with Crippen molar-refractivity contribution in [3.63, 3.8) is 0 Å². The van der Waals surface area contributed by atoms with Gasteiger partial charge in [0.2, 0.25) is 5.91 Å². The smallest absolute Gasteiger partial charge is 0.251 e. The van der Waals surface area contributed by atoms with Gasteiger partial charge in [-0.25, -0.2) is 0 Å². The highest BCUT2D eigenvalue weighted by Gasteiger charge is 2.29. The van der Waals surface area contributed by atoms with Crippen molar-refractivity contribution in [1.82, 2.24) is 20.0 Å². The lowest BCUT2D eigenvalue weighted by molar-refractivity contribution is -0.135. The quantitative estimate of drug-likeness (QED) is 0.760. The number of likely N-dealkylation sites (N-methyl/N-ethyl adjacent to an activating group) is 2. The van der Waals surface area contributed by atoms with E-state index in [9.17, 15) is 9.59 Å². The van der Waals surface area contributed by atoms with E-state index >= 15 is 0 Å². The Bertz CT molecular complexity index is 705. The molecule has 2 fully saturated rings. The first kappa shape index (κ1) is 22.6. The zero-order valence-electron chi connectivity index (χ0n) is 18.9. The third-order valence-corrected chi connectivity index (χ3v) is 6.12. The summed E-state index contributed by atoms with van der Waals surface area (Å²) >= 11 is 0. The molecular weight excluding hydrogens is 378 g/mol. The summed E-state index contributed by atoms with van der Waals surface area (Å²) < 4.78 is 0. The molecule has 166 valence electrons. The number of amides is 2. The van der Waals surface area contributed by atoms with Crippen molar-refractivity contribution >= 4 is 17.5 Å². The van der Waals surface area contributed by atoms with Crippen molar-refractivity contribution < 1.29 is 9.59 Å². The van der Waals surface area contributed by atoms with Crippen LogP contribution < -0.4 is 10.2 Å². The average molecular weight is 416 g/mol. The number of benzene rings is 1. The number of nitrogens with one attached hydrogen (secondary N) is 1. The van der Waals surface area contributed by atoms with Gasteiger partial charge in [-0.3, -0.25) is 9.59 Å². The van der Waals surface area contributed by atoms with Crippen LogP contribution in [0, 0.1) is 5.92 Å². The number of piperazine rings is 2. The Morgan fingerprint density at radius 1 is 0.867 bits per heavy atom. The van der Waals surface area contributed by atoms with Gasteiger partial charge in [0, 0.05) is 63.6 Å². The maximum atomic E-state index is 13.1. The van der Waals surface area contributed by atoms with Crippen molar-refractivity contribution in [1.29, 1.82) is 0 Å². The van der Waals surface area contributed by atoms with Crippen LogP contribution in [0.5, 0.6) is 0 Å². The van der Waals surface area contributed by atoms with E-state index in [1.807, 2.05) is 29.2 Å². The summed E-state index contributed by atoms with van der Waals surface area (Å²) in [6, 6.07) is 7.30. The minimum Gasteiger partial charge on any atom is -0.369 e. The molecule has 0 saturated carbocycles. The number of nitrogens with zero attached hydrogens (tertiary/aromatic N) is 4. The van der Waals surface area contributed by atoms with Crippen LogP contribution in [0.1, 0.15) is 30.6 Å². The fraction of sp³-hybridized carbons (Fsp3) is 0.652. The largest absolute Gasteiger partial charge is 0.369 e. The van der Waals surface area contributed by atoms with Crippen molar-refractivity contribution in [3.8, 4) is 0 Å². The van der Waals surface area contributed by atoms with Crippen molar-refractivity contribution in [2.75, 3.05) is 71.4 Å². The number of anilines is 1. The zero-order valence-corrected chi connectivity index (χ0v) is 18.9. The van der Waals surface area contributed by atoms with Crippen LogP contribution in [0.15, 0.2) is 24.3 Å². The summed E-state index contributed by atoms with van der Waals surface area (Å²) in [7, 11) is 4.21. The second-order valence-electron chi connectivity index (χ2n) is 9.12. The van der Waals surface area contributed by atoms with E-state index < -0.39 is 6.04 Å². The van der Waals surface area contributed by atoms with E-state index in [0.717, 1.165) is 58.0 Å². The Hall–Kier alpha value is -2.12. The minimum atomic E-state index is -0.474. The summed E-state index contributed by atoms with van der Waals surface area (Å²) in [4.78, 5) is 34.8. The van der Waals surface area contributed by atoms with Crippen molar-refractivity contribution in [2.24, 2.45) is 5.92 Å². The van der Waals surface area contributed by atoms with Gasteiger partial charge in [-0.2, -0.15) is 0 Å². The van der Waals surface area contributed by atoms with Gasteiger partial charge in [0.25, 0.3) is 5.91 Å². The third kappa shape index (κ3) is 5.95. The van der Waals surface area contributed by atoms with Crippen LogP contribution in [0.2, 0.25) is 0 Å². The van der Waals surface area contributed by atoms with Crippen LogP contribution in [-0.4, -0.2) is 99.0 Å². The molecule has 2 saturated heterocycles. The van der Waals surface area contributed by atoms with E-state index in [1.165, 1.54) is 0 Å². The van der Waals surface area contributed by atoms with Crippen LogP contribution >= 0.6 is 0 Å². The molecule has 30 heavy (non-hydrogen) atoms. The van der Waals surface area contributed by atoms with Crippen LogP contribution in [0.25, 0.3) is 0 Å². The second-order valence-corrected chi connectivity index (χ2v) is 9.12. The predicted molar refractivity (Wildman–Crippen MR) is 121 cm³/mol. The van der Waals surface area contributed by atoms with Gasteiger partial charge in [0.05, 0.1) is 0 Å². The molecule has 2 heterocycles. The second kappa shape index (κ2) is 10.3. The summed E-state index contributed by atoms with van der Waals surface area (Å²) in [5, 5.41) is 3.01. The molecule has 7 heteroatoms. The first-order chi connectivity index (χ1) is 14.3. The number of carbonyl (C=O) groups is 2. The van der Waals surface area contributed by atoms with E-state index in [1.54, 1.807) is 0 Å². The van der Waals surface area contributed by atoms with Gasteiger partial charge in [0.15, 0.2) is 0 Å². The highest BCUT2D eigenvalue weighted by Crippen LogP contribution is 2.18. The number of hydrogen-bond donors (Lipinski definition) is 1. The summed E-state index contributed by atoms with van der Waals surface area (Å²) in [5.74, 6) is 0.193. The third-order valence-electron chi connectivity index (χ3n) is 6.12. The molecule has 0 radical (unpaired) electrons. The highest BCUT2D eigenvalue weighted by molar-refractivity contribution is 5.97. The molecule has 2 amide bonds. The topological polar surface area (TPSA) is 59.1 Å². The molecule has 1 atom stereocenters. The molecule has 1 N–H and O–H groups in total. The van der Waals surface area contributed by atoms with Gasteiger partial charge in [-0.15, -0.1) is 0 Å². The molecule has 1 aromatic rings. The Balaban J connectivity index is 1.62. The highest BCUT2D eigenvalue weighted by atomic mass is 16.2.